The van der Waals surface area contributed by atoms with Gasteiger partial charge in [-0.1, -0.05) is 13.8 Å². The van der Waals surface area contributed by atoms with Gasteiger partial charge in [0.05, 0.1) is 17.7 Å². The third-order valence-corrected chi connectivity index (χ3v) is 4.90. The Labute approximate surface area is 178 Å². The number of benzene rings is 2. The summed E-state index contributed by atoms with van der Waals surface area (Å²) in [6.07, 6.45) is 0. The van der Waals surface area contributed by atoms with Crippen molar-refractivity contribution in [2.45, 2.75) is 34.6 Å². The standard InChI is InChI=1S/C24H30N2O4/c1-6-29-19-10-7-17(8-11-19)22(27)25-18-9-12-20-21(13-18)30-15-24(4,5)23(28)26(20)14-16(2)3/h7-13,16H,6,14-15H2,1-5H3,(H,25,27). The van der Waals surface area contributed by atoms with E-state index in [0.717, 1.165) is 11.4 Å². The summed E-state index contributed by atoms with van der Waals surface area (Å²) >= 11 is 0. The van der Waals surface area contributed by atoms with Gasteiger partial charge in [-0.2, -0.15) is 0 Å². The average Bonchev–Trinajstić information content (AvgIpc) is 2.79. The summed E-state index contributed by atoms with van der Waals surface area (Å²) in [5, 5.41) is 2.90. The van der Waals surface area contributed by atoms with Crippen molar-refractivity contribution in [3.8, 4) is 11.5 Å². The topological polar surface area (TPSA) is 67.9 Å². The van der Waals surface area contributed by atoms with Crippen LogP contribution in [0.15, 0.2) is 42.5 Å². The summed E-state index contributed by atoms with van der Waals surface area (Å²) in [5.74, 6) is 1.46. The SMILES string of the molecule is CCOc1ccc(C(=O)Nc2ccc3c(c2)OCC(C)(C)C(=O)N3CC(C)C)cc1. The van der Waals surface area contributed by atoms with Crippen molar-refractivity contribution < 1.29 is 19.1 Å². The van der Waals surface area contributed by atoms with Gasteiger partial charge in [0.15, 0.2) is 0 Å². The number of nitrogens with one attached hydrogen (secondary N) is 1. The van der Waals surface area contributed by atoms with Gasteiger partial charge in [0.25, 0.3) is 5.91 Å². The van der Waals surface area contributed by atoms with E-state index in [2.05, 4.69) is 19.2 Å². The van der Waals surface area contributed by atoms with E-state index in [1.165, 1.54) is 0 Å². The molecule has 6 nitrogen and oxygen atoms in total. The highest BCUT2D eigenvalue weighted by Gasteiger charge is 2.38. The number of anilines is 2. The Morgan fingerprint density at radius 3 is 2.53 bits per heavy atom. The number of ether oxygens (including phenoxy) is 2. The van der Waals surface area contributed by atoms with Gasteiger partial charge in [0.1, 0.15) is 18.1 Å². The van der Waals surface area contributed by atoms with E-state index in [-0.39, 0.29) is 18.4 Å². The van der Waals surface area contributed by atoms with Crippen molar-refractivity contribution in [3.05, 3.63) is 48.0 Å². The summed E-state index contributed by atoms with van der Waals surface area (Å²) in [6.45, 7) is 11.3. The van der Waals surface area contributed by atoms with Crippen molar-refractivity contribution in [1.29, 1.82) is 0 Å². The van der Waals surface area contributed by atoms with Crippen LogP contribution in [0.5, 0.6) is 11.5 Å². The van der Waals surface area contributed by atoms with E-state index in [4.69, 9.17) is 9.47 Å². The molecule has 2 aromatic rings. The second kappa shape index (κ2) is 8.78. The Kier molecular flexibility index (Phi) is 6.34. The van der Waals surface area contributed by atoms with Crippen LogP contribution in [0, 0.1) is 11.3 Å². The van der Waals surface area contributed by atoms with Crippen molar-refractivity contribution in [3.63, 3.8) is 0 Å². The minimum absolute atomic E-state index is 0.0427. The normalized spacial score (nSPS) is 15.3. The molecule has 1 N–H and O–H groups in total. The van der Waals surface area contributed by atoms with Gasteiger partial charge < -0.3 is 19.7 Å². The Morgan fingerprint density at radius 1 is 1.20 bits per heavy atom. The molecule has 6 heteroatoms. The molecule has 0 spiro atoms. The van der Waals surface area contributed by atoms with E-state index in [0.29, 0.717) is 36.1 Å². The molecule has 0 saturated carbocycles. The summed E-state index contributed by atoms with van der Waals surface area (Å²) in [5.41, 5.74) is 1.26. The number of nitrogens with zero attached hydrogens (tertiary/aromatic N) is 1. The van der Waals surface area contributed by atoms with Gasteiger partial charge >= 0.3 is 0 Å². The lowest BCUT2D eigenvalue weighted by Gasteiger charge is -2.29. The third-order valence-electron chi connectivity index (χ3n) is 4.90. The molecule has 0 aromatic heterocycles. The van der Waals surface area contributed by atoms with Crippen LogP contribution in [0.4, 0.5) is 11.4 Å². The molecule has 0 aliphatic carbocycles. The first-order chi connectivity index (χ1) is 14.2. The molecule has 30 heavy (non-hydrogen) atoms. The molecule has 0 bridgehead atoms. The fourth-order valence-corrected chi connectivity index (χ4v) is 3.34. The van der Waals surface area contributed by atoms with Gasteiger partial charge in [-0.05, 0) is 63.1 Å². The first-order valence-electron chi connectivity index (χ1n) is 10.3. The smallest absolute Gasteiger partial charge is 0.255 e. The van der Waals surface area contributed by atoms with Gasteiger partial charge in [0, 0.05) is 23.9 Å². The number of carbonyl (C=O) groups is 2. The first-order valence-corrected chi connectivity index (χ1v) is 10.3. The van der Waals surface area contributed by atoms with Crippen LogP contribution in [0.3, 0.4) is 0 Å². The lowest BCUT2D eigenvalue weighted by molar-refractivity contribution is -0.127. The van der Waals surface area contributed by atoms with Gasteiger partial charge in [-0.15, -0.1) is 0 Å². The molecule has 0 saturated heterocycles. The van der Waals surface area contributed by atoms with Crippen LogP contribution < -0.4 is 19.7 Å². The molecule has 1 heterocycles. The van der Waals surface area contributed by atoms with Gasteiger partial charge in [-0.3, -0.25) is 9.59 Å². The first kappa shape index (κ1) is 21.7. The predicted molar refractivity (Wildman–Crippen MR) is 118 cm³/mol. The molecule has 0 unspecified atom stereocenters. The number of fused-ring (bicyclic) bond motifs is 1. The molecule has 1 aliphatic rings. The highest BCUT2D eigenvalue weighted by molar-refractivity contribution is 6.05. The number of hydrogen-bond donors (Lipinski definition) is 1. The van der Waals surface area contributed by atoms with Crippen molar-refractivity contribution in [1.82, 2.24) is 0 Å². The minimum atomic E-state index is -0.625. The fraction of sp³-hybridized carbons (Fsp3) is 0.417. The molecular weight excluding hydrogens is 380 g/mol. The lowest BCUT2D eigenvalue weighted by atomic mass is 9.92. The van der Waals surface area contributed by atoms with E-state index in [9.17, 15) is 9.59 Å². The quantitative estimate of drug-likeness (QED) is 0.747. The van der Waals surface area contributed by atoms with Crippen LogP contribution >= 0.6 is 0 Å². The summed E-state index contributed by atoms with van der Waals surface area (Å²) in [4.78, 5) is 27.5. The van der Waals surface area contributed by atoms with Crippen molar-refractivity contribution in [2.24, 2.45) is 11.3 Å². The van der Waals surface area contributed by atoms with Crippen molar-refractivity contribution in [2.75, 3.05) is 30.0 Å². The molecule has 0 atom stereocenters. The molecule has 3 rings (SSSR count). The summed E-state index contributed by atoms with van der Waals surface area (Å²) in [7, 11) is 0. The Hall–Kier alpha value is -3.02. The maximum atomic E-state index is 13.1. The highest BCUT2D eigenvalue weighted by Crippen LogP contribution is 2.38. The number of hydrogen-bond acceptors (Lipinski definition) is 4. The molecule has 0 radical (unpaired) electrons. The van der Waals surface area contributed by atoms with Gasteiger partial charge in [-0.25, -0.2) is 0 Å². The second-order valence-electron chi connectivity index (χ2n) is 8.58. The van der Waals surface area contributed by atoms with Crippen LogP contribution in [0.1, 0.15) is 45.0 Å². The highest BCUT2D eigenvalue weighted by atomic mass is 16.5. The summed E-state index contributed by atoms with van der Waals surface area (Å²) < 4.78 is 11.4. The molecule has 0 fully saturated rings. The van der Waals surface area contributed by atoms with E-state index < -0.39 is 5.41 Å². The number of rotatable bonds is 6. The second-order valence-corrected chi connectivity index (χ2v) is 8.58. The predicted octanol–water partition coefficient (Wildman–Crippen LogP) is 4.75. The fourth-order valence-electron chi connectivity index (χ4n) is 3.34. The Bertz CT molecular complexity index is 919. The monoisotopic (exact) mass is 410 g/mol. The maximum absolute atomic E-state index is 13.1. The van der Waals surface area contributed by atoms with Crippen LogP contribution in [-0.2, 0) is 4.79 Å². The Balaban J connectivity index is 1.83. The maximum Gasteiger partial charge on any atom is 0.255 e. The molecular formula is C24H30N2O4. The zero-order valence-corrected chi connectivity index (χ0v) is 18.3. The largest absolute Gasteiger partial charge is 0.494 e. The average molecular weight is 411 g/mol. The zero-order chi connectivity index (χ0) is 21.9. The number of amides is 2. The lowest BCUT2D eigenvalue weighted by Crippen LogP contribution is -2.43. The Morgan fingerprint density at radius 2 is 1.90 bits per heavy atom. The van der Waals surface area contributed by atoms with Crippen LogP contribution in [0.25, 0.3) is 0 Å². The minimum Gasteiger partial charge on any atom is -0.494 e. The molecule has 2 amide bonds. The molecule has 160 valence electrons. The molecule has 1 aliphatic heterocycles. The van der Waals surface area contributed by atoms with Crippen LogP contribution in [-0.4, -0.2) is 31.6 Å². The number of carbonyl (C=O) groups excluding carboxylic acids is 2. The van der Waals surface area contributed by atoms with Gasteiger partial charge in [0.2, 0.25) is 5.91 Å². The van der Waals surface area contributed by atoms with Crippen molar-refractivity contribution >= 4 is 23.2 Å². The zero-order valence-electron chi connectivity index (χ0n) is 18.3. The molecule has 2 aromatic carbocycles. The summed E-state index contributed by atoms with van der Waals surface area (Å²) in [6, 6.07) is 12.4. The van der Waals surface area contributed by atoms with E-state index >= 15 is 0 Å². The van der Waals surface area contributed by atoms with E-state index in [1.54, 1.807) is 41.3 Å². The van der Waals surface area contributed by atoms with E-state index in [1.807, 2.05) is 26.8 Å². The van der Waals surface area contributed by atoms with Crippen LogP contribution in [0.2, 0.25) is 0 Å². The third kappa shape index (κ3) is 4.75.